The molecule has 0 aliphatic carbocycles. The maximum atomic E-state index is 12.1. The Labute approximate surface area is 120 Å². The van der Waals surface area contributed by atoms with E-state index in [9.17, 15) is 4.79 Å². The third-order valence-corrected chi connectivity index (χ3v) is 3.14. The summed E-state index contributed by atoms with van der Waals surface area (Å²) in [5.74, 6) is 0.166. The Hall–Kier alpha value is -1.42. The van der Waals surface area contributed by atoms with E-state index in [1.54, 1.807) is 0 Å². The maximum absolute atomic E-state index is 12.1. The molecule has 104 valence electrons. The second-order valence-corrected chi connectivity index (χ2v) is 5.29. The van der Waals surface area contributed by atoms with Crippen molar-refractivity contribution in [1.29, 1.82) is 0 Å². The maximum Gasteiger partial charge on any atom is 0.222 e. The lowest BCUT2D eigenvalue weighted by atomic mass is 10.1. The van der Waals surface area contributed by atoms with E-state index in [0.717, 1.165) is 12.0 Å². The van der Waals surface area contributed by atoms with Crippen molar-refractivity contribution in [3.63, 3.8) is 0 Å². The number of thiocarbonyl (C=S) groups is 1. The number of hydrogen-bond acceptors (Lipinski definition) is 2. The summed E-state index contributed by atoms with van der Waals surface area (Å²) in [6, 6.07) is 8.24. The first kappa shape index (κ1) is 15.6. The molecule has 0 aromatic heterocycles. The minimum absolute atomic E-state index is 0.166. The van der Waals surface area contributed by atoms with Crippen LogP contribution in [0.2, 0.25) is 0 Å². The SMILES string of the molecule is CCCC(=O)N(CCC(N)=S)Cc1ccc(C)cc1. The fourth-order valence-electron chi connectivity index (χ4n) is 1.82. The highest BCUT2D eigenvalue weighted by Crippen LogP contribution is 2.09. The molecule has 1 aromatic rings. The molecule has 4 heteroatoms. The summed E-state index contributed by atoms with van der Waals surface area (Å²) in [4.78, 5) is 14.4. The van der Waals surface area contributed by atoms with Gasteiger partial charge < -0.3 is 10.6 Å². The van der Waals surface area contributed by atoms with Crippen LogP contribution in [0.4, 0.5) is 0 Å². The van der Waals surface area contributed by atoms with E-state index in [2.05, 4.69) is 31.2 Å². The Bertz CT molecular complexity index is 428. The molecule has 0 spiro atoms. The molecular formula is C15H22N2OS. The summed E-state index contributed by atoms with van der Waals surface area (Å²) in [5, 5.41) is 0. The number of amides is 1. The predicted octanol–water partition coefficient (Wildman–Crippen LogP) is 2.80. The van der Waals surface area contributed by atoms with Crippen LogP contribution in [0.25, 0.3) is 0 Å². The highest BCUT2D eigenvalue weighted by atomic mass is 32.1. The summed E-state index contributed by atoms with van der Waals surface area (Å²) in [6.07, 6.45) is 2.01. The van der Waals surface area contributed by atoms with Gasteiger partial charge in [-0.15, -0.1) is 0 Å². The Morgan fingerprint density at radius 1 is 1.26 bits per heavy atom. The normalized spacial score (nSPS) is 10.2. The van der Waals surface area contributed by atoms with E-state index in [0.29, 0.717) is 30.9 Å². The van der Waals surface area contributed by atoms with Gasteiger partial charge in [0.1, 0.15) is 0 Å². The summed E-state index contributed by atoms with van der Waals surface area (Å²) in [5.41, 5.74) is 7.88. The molecule has 0 unspecified atom stereocenters. The summed E-state index contributed by atoms with van der Waals surface area (Å²) in [7, 11) is 0. The molecule has 0 heterocycles. The summed E-state index contributed by atoms with van der Waals surface area (Å²) in [6.45, 7) is 5.29. The lowest BCUT2D eigenvalue weighted by molar-refractivity contribution is -0.131. The van der Waals surface area contributed by atoms with Crippen LogP contribution in [0.1, 0.15) is 37.3 Å². The van der Waals surface area contributed by atoms with E-state index < -0.39 is 0 Å². The topological polar surface area (TPSA) is 46.3 Å². The number of benzene rings is 1. The average molecular weight is 278 g/mol. The van der Waals surface area contributed by atoms with E-state index in [1.807, 2.05) is 11.8 Å². The van der Waals surface area contributed by atoms with E-state index in [1.165, 1.54) is 5.56 Å². The fourth-order valence-corrected chi connectivity index (χ4v) is 1.91. The largest absolute Gasteiger partial charge is 0.393 e. The number of rotatable bonds is 7. The van der Waals surface area contributed by atoms with Crippen molar-refractivity contribution in [2.75, 3.05) is 6.54 Å². The molecule has 1 aromatic carbocycles. The minimum atomic E-state index is 0.166. The molecule has 0 aliphatic rings. The van der Waals surface area contributed by atoms with Crippen molar-refractivity contribution >= 4 is 23.1 Å². The quantitative estimate of drug-likeness (QED) is 0.780. The van der Waals surface area contributed by atoms with Gasteiger partial charge in [-0.25, -0.2) is 0 Å². The Morgan fingerprint density at radius 2 is 1.89 bits per heavy atom. The molecule has 0 bridgehead atoms. The third kappa shape index (κ3) is 5.83. The number of nitrogens with zero attached hydrogens (tertiary/aromatic N) is 1. The monoisotopic (exact) mass is 278 g/mol. The van der Waals surface area contributed by atoms with Gasteiger partial charge >= 0.3 is 0 Å². The van der Waals surface area contributed by atoms with Crippen LogP contribution in [0, 0.1) is 6.92 Å². The van der Waals surface area contributed by atoms with E-state index >= 15 is 0 Å². The van der Waals surface area contributed by atoms with Crippen molar-refractivity contribution in [1.82, 2.24) is 4.90 Å². The van der Waals surface area contributed by atoms with E-state index in [-0.39, 0.29) is 5.91 Å². The molecule has 0 radical (unpaired) electrons. The average Bonchev–Trinajstić information content (AvgIpc) is 2.36. The van der Waals surface area contributed by atoms with Crippen molar-refractivity contribution < 1.29 is 4.79 Å². The van der Waals surface area contributed by atoms with Gasteiger partial charge in [-0.05, 0) is 18.9 Å². The molecule has 0 fully saturated rings. The first-order chi connectivity index (χ1) is 9.02. The molecule has 1 rings (SSSR count). The molecule has 3 nitrogen and oxygen atoms in total. The van der Waals surface area contributed by atoms with Crippen LogP contribution in [-0.2, 0) is 11.3 Å². The van der Waals surface area contributed by atoms with Crippen LogP contribution in [0.15, 0.2) is 24.3 Å². The van der Waals surface area contributed by atoms with Gasteiger partial charge in [-0.1, -0.05) is 49.0 Å². The van der Waals surface area contributed by atoms with Gasteiger partial charge in [-0.2, -0.15) is 0 Å². The summed E-state index contributed by atoms with van der Waals surface area (Å²) >= 11 is 4.89. The van der Waals surface area contributed by atoms with Crippen molar-refractivity contribution in [3.8, 4) is 0 Å². The van der Waals surface area contributed by atoms with Crippen LogP contribution >= 0.6 is 12.2 Å². The second-order valence-electron chi connectivity index (χ2n) is 4.77. The van der Waals surface area contributed by atoms with Crippen molar-refractivity contribution in [2.45, 2.75) is 39.7 Å². The van der Waals surface area contributed by atoms with Gasteiger partial charge in [0, 0.05) is 25.9 Å². The zero-order valence-electron chi connectivity index (χ0n) is 11.7. The number of carbonyl (C=O) groups is 1. The molecular weight excluding hydrogens is 256 g/mol. The first-order valence-corrected chi connectivity index (χ1v) is 7.05. The van der Waals surface area contributed by atoms with Gasteiger partial charge in [0.25, 0.3) is 0 Å². The van der Waals surface area contributed by atoms with Crippen LogP contribution < -0.4 is 5.73 Å². The van der Waals surface area contributed by atoms with Gasteiger partial charge in [0.2, 0.25) is 5.91 Å². The third-order valence-electron chi connectivity index (χ3n) is 2.94. The Balaban J connectivity index is 2.69. The molecule has 0 aliphatic heterocycles. The second kappa shape index (κ2) is 7.89. The van der Waals surface area contributed by atoms with Crippen LogP contribution in [0.5, 0.6) is 0 Å². The highest BCUT2D eigenvalue weighted by molar-refractivity contribution is 7.80. The van der Waals surface area contributed by atoms with Crippen LogP contribution in [-0.4, -0.2) is 22.3 Å². The molecule has 1 amide bonds. The fraction of sp³-hybridized carbons (Fsp3) is 0.467. The summed E-state index contributed by atoms with van der Waals surface area (Å²) < 4.78 is 0. The van der Waals surface area contributed by atoms with Crippen molar-refractivity contribution in [2.24, 2.45) is 5.73 Å². The molecule has 2 N–H and O–H groups in total. The minimum Gasteiger partial charge on any atom is -0.393 e. The standard InChI is InChI=1S/C15H22N2OS/c1-3-4-15(18)17(10-9-14(16)19)11-13-7-5-12(2)6-8-13/h5-8H,3-4,9-11H2,1-2H3,(H2,16,19). The predicted molar refractivity (Wildman–Crippen MR) is 82.9 cm³/mol. The molecule has 0 saturated heterocycles. The number of hydrogen-bond donors (Lipinski definition) is 1. The zero-order valence-corrected chi connectivity index (χ0v) is 12.5. The molecule has 0 atom stereocenters. The van der Waals surface area contributed by atoms with E-state index in [4.69, 9.17) is 18.0 Å². The Morgan fingerprint density at radius 3 is 2.42 bits per heavy atom. The van der Waals surface area contributed by atoms with Gasteiger partial charge in [-0.3, -0.25) is 4.79 Å². The first-order valence-electron chi connectivity index (χ1n) is 6.64. The number of nitrogens with two attached hydrogens (primary N) is 1. The van der Waals surface area contributed by atoms with Gasteiger partial charge in [0.05, 0.1) is 4.99 Å². The number of carbonyl (C=O) groups excluding carboxylic acids is 1. The van der Waals surface area contributed by atoms with Gasteiger partial charge in [0.15, 0.2) is 0 Å². The van der Waals surface area contributed by atoms with Crippen LogP contribution in [0.3, 0.4) is 0 Å². The Kier molecular flexibility index (Phi) is 6.50. The highest BCUT2D eigenvalue weighted by Gasteiger charge is 2.13. The number of aryl methyl sites for hydroxylation is 1. The molecule has 19 heavy (non-hydrogen) atoms. The lowest BCUT2D eigenvalue weighted by Crippen LogP contribution is -2.33. The lowest BCUT2D eigenvalue weighted by Gasteiger charge is -2.22. The van der Waals surface area contributed by atoms with Crippen molar-refractivity contribution in [3.05, 3.63) is 35.4 Å². The molecule has 0 saturated carbocycles. The smallest absolute Gasteiger partial charge is 0.222 e. The zero-order chi connectivity index (χ0) is 14.3.